The number of nitrogen functional groups attached to an aromatic ring is 1. The monoisotopic (exact) mass is 291 g/mol. The Hall–Kier alpha value is -2.60. The summed E-state index contributed by atoms with van der Waals surface area (Å²) in [7, 11) is 0. The van der Waals surface area contributed by atoms with E-state index in [0.717, 1.165) is 0 Å². The van der Waals surface area contributed by atoms with E-state index in [1.54, 1.807) is 12.1 Å². The van der Waals surface area contributed by atoms with Crippen LogP contribution in [0.1, 0.15) is 10.4 Å². The van der Waals surface area contributed by atoms with Crippen molar-refractivity contribution in [3.8, 4) is 0 Å². The maximum atomic E-state index is 12.0. The highest BCUT2D eigenvalue weighted by Gasteiger charge is 2.12. The highest BCUT2D eigenvalue weighted by molar-refractivity contribution is 6.31. The molecule has 2 rings (SSSR count). The van der Waals surface area contributed by atoms with Gasteiger partial charge in [-0.1, -0.05) is 17.7 Å². The maximum Gasteiger partial charge on any atom is 0.271 e. The minimum atomic E-state index is -0.535. The lowest BCUT2D eigenvalue weighted by Gasteiger charge is -2.07. The molecule has 7 heteroatoms. The summed E-state index contributed by atoms with van der Waals surface area (Å²) < 4.78 is 0. The summed E-state index contributed by atoms with van der Waals surface area (Å²) in [5.74, 6) is -0.459. The Labute approximate surface area is 119 Å². The van der Waals surface area contributed by atoms with Crippen LogP contribution in [0.3, 0.4) is 0 Å². The molecule has 2 aromatic carbocycles. The first-order valence-electron chi connectivity index (χ1n) is 5.58. The van der Waals surface area contributed by atoms with Crippen LogP contribution in [0, 0.1) is 10.1 Å². The molecule has 1 amide bonds. The van der Waals surface area contributed by atoms with Crippen LogP contribution in [0.25, 0.3) is 0 Å². The van der Waals surface area contributed by atoms with Crippen molar-refractivity contribution < 1.29 is 9.72 Å². The van der Waals surface area contributed by atoms with Gasteiger partial charge in [-0.3, -0.25) is 14.9 Å². The number of non-ortho nitro benzene ring substituents is 1. The first-order chi connectivity index (χ1) is 9.47. The van der Waals surface area contributed by atoms with E-state index in [1.165, 1.54) is 30.3 Å². The van der Waals surface area contributed by atoms with Gasteiger partial charge in [-0.25, -0.2) is 0 Å². The van der Waals surface area contributed by atoms with Crippen LogP contribution >= 0.6 is 11.6 Å². The van der Waals surface area contributed by atoms with Crippen molar-refractivity contribution in [3.63, 3.8) is 0 Å². The molecule has 3 N–H and O–H groups in total. The fourth-order valence-corrected chi connectivity index (χ4v) is 1.82. The predicted molar refractivity (Wildman–Crippen MR) is 76.9 cm³/mol. The zero-order chi connectivity index (χ0) is 14.7. The van der Waals surface area contributed by atoms with E-state index in [0.29, 0.717) is 10.7 Å². The number of hydrogen-bond acceptors (Lipinski definition) is 4. The molecule has 102 valence electrons. The van der Waals surface area contributed by atoms with Crippen LogP contribution in [-0.2, 0) is 0 Å². The van der Waals surface area contributed by atoms with Gasteiger partial charge in [0, 0.05) is 28.5 Å². The molecule has 2 aromatic rings. The molecule has 0 fully saturated rings. The summed E-state index contributed by atoms with van der Waals surface area (Å²) in [6, 6.07) is 10.1. The normalized spacial score (nSPS) is 10.1. The van der Waals surface area contributed by atoms with Gasteiger partial charge in [-0.2, -0.15) is 0 Å². The molecule has 0 aliphatic carbocycles. The first-order valence-corrected chi connectivity index (χ1v) is 5.96. The van der Waals surface area contributed by atoms with Crippen molar-refractivity contribution in [1.29, 1.82) is 0 Å². The number of hydrogen-bond donors (Lipinski definition) is 2. The average Bonchev–Trinajstić information content (AvgIpc) is 2.38. The van der Waals surface area contributed by atoms with Gasteiger partial charge in [-0.05, 0) is 24.3 Å². The second-order valence-electron chi connectivity index (χ2n) is 3.99. The molecule has 0 saturated heterocycles. The molecule has 0 aromatic heterocycles. The second kappa shape index (κ2) is 5.58. The zero-order valence-corrected chi connectivity index (χ0v) is 10.9. The lowest BCUT2D eigenvalue weighted by Crippen LogP contribution is -2.14. The number of carbonyl (C=O) groups excluding carboxylic acids is 1. The third-order valence-electron chi connectivity index (χ3n) is 2.57. The molecule has 0 unspecified atom stereocenters. The summed E-state index contributed by atoms with van der Waals surface area (Å²) in [6.45, 7) is 0. The van der Waals surface area contributed by atoms with Crippen molar-refractivity contribution in [2.24, 2.45) is 0 Å². The lowest BCUT2D eigenvalue weighted by atomic mass is 10.1. The molecule has 0 spiro atoms. The minimum Gasteiger partial charge on any atom is -0.398 e. The highest BCUT2D eigenvalue weighted by atomic mass is 35.5. The summed E-state index contributed by atoms with van der Waals surface area (Å²) in [4.78, 5) is 22.1. The van der Waals surface area contributed by atoms with Gasteiger partial charge in [0.15, 0.2) is 0 Å². The molecule has 6 nitrogen and oxygen atoms in total. The minimum absolute atomic E-state index is 0.105. The molecule has 0 radical (unpaired) electrons. The largest absolute Gasteiger partial charge is 0.398 e. The Morgan fingerprint density at radius 1 is 1.25 bits per heavy atom. The van der Waals surface area contributed by atoms with Crippen LogP contribution in [0.5, 0.6) is 0 Å². The van der Waals surface area contributed by atoms with Crippen molar-refractivity contribution >= 4 is 34.6 Å². The van der Waals surface area contributed by atoms with Crippen LogP contribution in [0.4, 0.5) is 17.1 Å². The summed E-state index contributed by atoms with van der Waals surface area (Å²) in [6.07, 6.45) is 0. The van der Waals surface area contributed by atoms with Crippen LogP contribution in [0.2, 0.25) is 5.02 Å². The number of carbonyl (C=O) groups is 1. The van der Waals surface area contributed by atoms with E-state index in [-0.39, 0.29) is 16.9 Å². The molecule has 20 heavy (non-hydrogen) atoms. The van der Waals surface area contributed by atoms with E-state index in [9.17, 15) is 14.9 Å². The number of nitrogens with two attached hydrogens (primary N) is 1. The van der Waals surface area contributed by atoms with Crippen molar-refractivity contribution in [3.05, 3.63) is 63.2 Å². The smallest absolute Gasteiger partial charge is 0.271 e. The summed E-state index contributed by atoms with van der Waals surface area (Å²) in [5.41, 5.74) is 6.40. The average molecular weight is 292 g/mol. The van der Waals surface area contributed by atoms with Crippen molar-refractivity contribution in [2.45, 2.75) is 0 Å². The topological polar surface area (TPSA) is 98.3 Å². The fraction of sp³-hybridized carbons (Fsp3) is 0. The van der Waals surface area contributed by atoms with Gasteiger partial charge < -0.3 is 11.1 Å². The second-order valence-corrected chi connectivity index (χ2v) is 4.43. The Kier molecular flexibility index (Phi) is 3.86. The maximum absolute atomic E-state index is 12.0. The van der Waals surface area contributed by atoms with Crippen molar-refractivity contribution in [2.75, 3.05) is 11.1 Å². The number of amides is 1. The Morgan fingerprint density at radius 3 is 2.65 bits per heavy atom. The molecule has 0 heterocycles. The molecule has 0 saturated carbocycles. The number of halogens is 1. The molecular formula is C13H10ClN3O3. The number of rotatable bonds is 3. The van der Waals surface area contributed by atoms with E-state index >= 15 is 0 Å². The molecule has 0 bridgehead atoms. The summed E-state index contributed by atoms with van der Waals surface area (Å²) in [5, 5.41) is 13.6. The SMILES string of the molecule is Nc1cc(Cl)ccc1C(=O)Nc1cccc([N+](=O)[O-])c1. The van der Waals surface area contributed by atoms with Gasteiger partial charge in [0.2, 0.25) is 0 Å². The van der Waals surface area contributed by atoms with Gasteiger partial charge in [0.25, 0.3) is 11.6 Å². The fourth-order valence-electron chi connectivity index (χ4n) is 1.64. The number of nitrogens with zero attached hydrogens (tertiary/aromatic N) is 1. The zero-order valence-electron chi connectivity index (χ0n) is 10.2. The van der Waals surface area contributed by atoms with Crippen LogP contribution in [0.15, 0.2) is 42.5 Å². The standard InChI is InChI=1S/C13H10ClN3O3/c14-8-4-5-11(12(15)6-8)13(18)16-9-2-1-3-10(7-9)17(19)20/h1-7H,15H2,(H,16,18). The Morgan fingerprint density at radius 2 is 2.00 bits per heavy atom. The van der Waals surface area contributed by atoms with Gasteiger partial charge in [-0.15, -0.1) is 0 Å². The number of benzene rings is 2. The number of nitrogens with one attached hydrogen (secondary N) is 1. The van der Waals surface area contributed by atoms with E-state index in [2.05, 4.69) is 5.32 Å². The first kappa shape index (κ1) is 13.8. The molecule has 0 aliphatic heterocycles. The van der Waals surface area contributed by atoms with Gasteiger partial charge in [0.05, 0.1) is 10.5 Å². The van der Waals surface area contributed by atoms with E-state index < -0.39 is 10.8 Å². The summed E-state index contributed by atoms with van der Waals surface area (Å²) >= 11 is 5.75. The van der Waals surface area contributed by atoms with Crippen LogP contribution in [-0.4, -0.2) is 10.8 Å². The van der Waals surface area contributed by atoms with Gasteiger partial charge in [0.1, 0.15) is 0 Å². The van der Waals surface area contributed by atoms with Crippen molar-refractivity contribution in [1.82, 2.24) is 0 Å². The lowest BCUT2D eigenvalue weighted by molar-refractivity contribution is -0.384. The molecule has 0 aliphatic rings. The molecular weight excluding hydrogens is 282 g/mol. The number of anilines is 2. The highest BCUT2D eigenvalue weighted by Crippen LogP contribution is 2.21. The predicted octanol–water partition coefficient (Wildman–Crippen LogP) is 3.08. The number of nitro benzene ring substituents is 1. The van der Waals surface area contributed by atoms with E-state index in [4.69, 9.17) is 17.3 Å². The molecule has 0 atom stereocenters. The Bertz CT molecular complexity index is 688. The van der Waals surface area contributed by atoms with E-state index in [1.807, 2.05) is 0 Å². The van der Waals surface area contributed by atoms with Crippen LogP contribution < -0.4 is 11.1 Å². The quantitative estimate of drug-likeness (QED) is 0.516. The Balaban J connectivity index is 2.23. The third-order valence-corrected chi connectivity index (χ3v) is 2.81. The van der Waals surface area contributed by atoms with Gasteiger partial charge >= 0.3 is 0 Å². The number of nitro groups is 1. The third kappa shape index (κ3) is 3.04.